The van der Waals surface area contributed by atoms with Gasteiger partial charge in [-0.1, -0.05) is 32.9 Å². The van der Waals surface area contributed by atoms with Gasteiger partial charge in [-0.3, -0.25) is 20.5 Å². The van der Waals surface area contributed by atoms with Crippen LogP contribution in [0.5, 0.6) is 5.75 Å². The van der Waals surface area contributed by atoms with Crippen molar-refractivity contribution in [1.29, 1.82) is 0 Å². The number of carbonyl (C=O) groups is 1. The van der Waals surface area contributed by atoms with Gasteiger partial charge in [0.2, 0.25) is 5.91 Å². The molecule has 2 aliphatic heterocycles. The predicted molar refractivity (Wildman–Crippen MR) is 99.7 cm³/mol. The first-order valence-electron chi connectivity index (χ1n) is 9.06. The van der Waals surface area contributed by atoms with Gasteiger partial charge in [0.1, 0.15) is 12.4 Å². The second kappa shape index (κ2) is 7.32. The van der Waals surface area contributed by atoms with E-state index in [0.717, 1.165) is 24.4 Å². The van der Waals surface area contributed by atoms with E-state index < -0.39 is 0 Å². The number of nitrogens with zero attached hydrogens (tertiary/aromatic N) is 2. The Morgan fingerprint density at radius 2 is 2.08 bits per heavy atom. The van der Waals surface area contributed by atoms with Gasteiger partial charge in [-0.05, 0) is 31.0 Å². The lowest BCUT2D eigenvalue weighted by atomic mass is 9.84. The highest BCUT2D eigenvalue weighted by atomic mass is 16.5. The number of fused-ring (bicyclic) bond motifs is 1. The average Bonchev–Trinajstić information content (AvgIpc) is 3.02. The fourth-order valence-corrected chi connectivity index (χ4v) is 3.50. The maximum absolute atomic E-state index is 12.8. The Hall–Kier alpha value is -1.63. The summed E-state index contributed by atoms with van der Waals surface area (Å²) in [5, 5.41) is 0. The molecule has 2 aliphatic rings. The Kier molecular flexibility index (Phi) is 5.32. The normalized spacial score (nSPS) is 23.5. The standard InChI is InChI=1S/C19H30N4O2/c1-19(2,3)17-11-14(20-21-17)12-22(4)13-18(24)23-9-10-25-16-8-6-5-7-15(16)23/h5-8,14,17,20-21H,9-13H2,1-4H3. The number of rotatable bonds is 4. The molecule has 0 aliphatic carbocycles. The van der Waals surface area contributed by atoms with E-state index in [1.807, 2.05) is 36.2 Å². The lowest BCUT2D eigenvalue weighted by Gasteiger charge is -2.31. The second-order valence-corrected chi connectivity index (χ2v) is 8.20. The highest BCUT2D eigenvalue weighted by molar-refractivity contribution is 5.96. The fourth-order valence-electron chi connectivity index (χ4n) is 3.50. The van der Waals surface area contributed by atoms with Gasteiger partial charge in [-0.25, -0.2) is 0 Å². The molecule has 1 saturated heterocycles. The summed E-state index contributed by atoms with van der Waals surface area (Å²) in [6, 6.07) is 8.55. The van der Waals surface area contributed by atoms with Gasteiger partial charge in [0.05, 0.1) is 18.8 Å². The van der Waals surface area contributed by atoms with Crippen molar-refractivity contribution in [3.63, 3.8) is 0 Å². The number of anilines is 1. The first kappa shape index (κ1) is 18.2. The topological polar surface area (TPSA) is 56.8 Å². The summed E-state index contributed by atoms with van der Waals surface area (Å²) in [5.74, 6) is 0.913. The van der Waals surface area contributed by atoms with Crippen LogP contribution in [-0.4, -0.2) is 56.2 Å². The van der Waals surface area contributed by atoms with E-state index in [1.165, 1.54) is 0 Å². The molecular formula is C19H30N4O2. The highest BCUT2D eigenvalue weighted by Gasteiger charge is 2.33. The summed E-state index contributed by atoms with van der Waals surface area (Å²) in [5.41, 5.74) is 7.87. The molecule has 1 aromatic carbocycles. The minimum atomic E-state index is 0.122. The number of hydrazine groups is 1. The number of hydrogen-bond acceptors (Lipinski definition) is 5. The van der Waals surface area contributed by atoms with Crippen LogP contribution in [-0.2, 0) is 4.79 Å². The Bertz CT molecular complexity index is 614. The quantitative estimate of drug-likeness (QED) is 0.868. The van der Waals surface area contributed by atoms with Crippen molar-refractivity contribution >= 4 is 11.6 Å². The van der Waals surface area contributed by atoms with E-state index in [-0.39, 0.29) is 11.3 Å². The summed E-state index contributed by atoms with van der Waals surface area (Å²) >= 11 is 0. The SMILES string of the molecule is CN(CC(=O)N1CCOc2ccccc21)CC1CC(C(C)(C)C)NN1. The zero-order valence-corrected chi connectivity index (χ0v) is 15.7. The van der Waals surface area contributed by atoms with E-state index in [2.05, 4.69) is 36.5 Å². The second-order valence-electron chi connectivity index (χ2n) is 8.20. The molecule has 138 valence electrons. The zero-order chi connectivity index (χ0) is 18.0. The van der Waals surface area contributed by atoms with Gasteiger partial charge in [0.25, 0.3) is 0 Å². The van der Waals surface area contributed by atoms with Crippen LogP contribution < -0.4 is 20.5 Å². The highest BCUT2D eigenvalue weighted by Crippen LogP contribution is 2.31. The van der Waals surface area contributed by atoms with E-state index in [1.54, 1.807) is 0 Å². The van der Waals surface area contributed by atoms with Crippen molar-refractivity contribution in [3.05, 3.63) is 24.3 Å². The smallest absolute Gasteiger partial charge is 0.241 e. The molecule has 2 N–H and O–H groups in total. The molecular weight excluding hydrogens is 316 g/mol. The van der Waals surface area contributed by atoms with Crippen LogP contribution in [0.1, 0.15) is 27.2 Å². The summed E-state index contributed by atoms with van der Waals surface area (Å²) in [7, 11) is 2.01. The first-order valence-corrected chi connectivity index (χ1v) is 9.06. The molecule has 0 radical (unpaired) electrons. The van der Waals surface area contributed by atoms with Gasteiger partial charge in [-0.15, -0.1) is 0 Å². The van der Waals surface area contributed by atoms with Crippen LogP contribution in [0.4, 0.5) is 5.69 Å². The predicted octanol–water partition coefficient (Wildman–Crippen LogP) is 1.63. The van der Waals surface area contributed by atoms with Crippen molar-refractivity contribution < 1.29 is 9.53 Å². The van der Waals surface area contributed by atoms with Crippen molar-refractivity contribution in [2.45, 2.75) is 39.3 Å². The van der Waals surface area contributed by atoms with E-state index in [4.69, 9.17) is 4.74 Å². The maximum atomic E-state index is 12.8. The zero-order valence-electron chi connectivity index (χ0n) is 15.7. The third-order valence-corrected chi connectivity index (χ3v) is 4.99. The Morgan fingerprint density at radius 3 is 2.80 bits per heavy atom. The minimum absolute atomic E-state index is 0.122. The summed E-state index contributed by atoms with van der Waals surface area (Å²) in [6.45, 7) is 9.16. The monoisotopic (exact) mass is 346 g/mol. The van der Waals surface area contributed by atoms with Crippen molar-refractivity contribution in [3.8, 4) is 5.75 Å². The molecule has 0 spiro atoms. The van der Waals surface area contributed by atoms with Gasteiger partial charge in [-0.2, -0.15) is 0 Å². The van der Waals surface area contributed by atoms with E-state index >= 15 is 0 Å². The lowest BCUT2D eigenvalue weighted by Crippen LogP contribution is -2.46. The number of likely N-dealkylation sites (N-methyl/N-ethyl adjacent to an activating group) is 1. The molecule has 1 fully saturated rings. The molecule has 2 atom stereocenters. The molecule has 6 nitrogen and oxygen atoms in total. The summed E-state index contributed by atoms with van der Waals surface area (Å²) < 4.78 is 5.63. The van der Waals surface area contributed by atoms with Crippen LogP contribution in [0, 0.1) is 5.41 Å². The van der Waals surface area contributed by atoms with Gasteiger partial charge in [0, 0.05) is 18.6 Å². The van der Waals surface area contributed by atoms with Crippen LogP contribution >= 0.6 is 0 Å². The molecule has 0 saturated carbocycles. The molecule has 25 heavy (non-hydrogen) atoms. The number of nitrogens with one attached hydrogen (secondary N) is 2. The largest absolute Gasteiger partial charge is 0.490 e. The van der Waals surface area contributed by atoms with E-state index in [0.29, 0.717) is 31.8 Å². The molecule has 3 rings (SSSR count). The molecule has 2 heterocycles. The Labute approximate surface area is 150 Å². The average molecular weight is 346 g/mol. The Morgan fingerprint density at radius 1 is 1.32 bits per heavy atom. The molecule has 6 heteroatoms. The minimum Gasteiger partial charge on any atom is -0.490 e. The summed E-state index contributed by atoms with van der Waals surface area (Å²) in [4.78, 5) is 16.7. The lowest BCUT2D eigenvalue weighted by molar-refractivity contribution is -0.119. The summed E-state index contributed by atoms with van der Waals surface area (Å²) in [6.07, 6.45) is 1.07. The van der Waals surface area contributed by atoms with Crippen LogP contribution in [0.2, 0.25) is 0 Å². The third kappa shape index (κ3) is 4.32. The van der Waals surface area contributed by atoms with Gasteiger partial charge in [0.15, 0.2) is 0 Å². The van der Waals surface area contributed by atoms with Gasteiger partial charge < -0.3 is 9.64 Å². The molecule has 1 amide bonds. The van der Waals surface area contributed by atoms with Crippen LogP contribution in [0.15, 0.2) is 24.3 Å². The van der Waals surface area contributed by atoms with E-state index in [9.17, 15) is 4.79 Å². The molecule has 1 aromatic rings. The third-order valence-electron chi connectivity index (χ3n) is 4.99. The number of hydrogen-bond donors (Lipinski definition) is 2. The number of ether oxygens (including phenoxy) is 1. The molecule has 0 bridgehead atoms. The number of amides is 1. The van der Waals surface area contributed by atoms with Crippen molar-refractivity contribution in [2.75, 3.05) is 38.2 Å². The van der Waals surface area contributed by atoms with Crippen molar-refractivity contribution in [1.82, 2.24) is 15.8 Å². The van der Waals surface area contributed by atoms with Gasteiger partial charge >= 0.3 is 0 Å². The Balaban J connectivity index is 1.54. The molecule has 0 aromatic heterocycles. The first-order chi connectivity index (χ1) is 11.8. The van der Waals surface area contributed by atoms with Crippen molar-refractivity contribution in [2.24, 2.45) is 5.41 Å². The van der Waals surface area contributed by atoms with Crippen LogP contribution in [0.25, 0.3) is 0 Å². The maximum Gasteiger partial charge on any atom is 0.241 e. The molecule has 2 unspecified atom stereocenters. The van der Waals surface area contributed by atoms with Crippen LogP contribution in [0.3, 0.4) is 0 Å². The number of para-hydroxylation sites is 2. The number of carbonyl (C=O) groups excluding carboxylic acids is 1. The number of benzene rings is 1. The fraction of sp³-hybridized carbons (Fsp3) is 0.632.